The van der Waals surface area contributed by atoms with Crippen molar-refractivity contribution in [2.24, 2.45) is 0 Å². The number of phenolic OH excluding ortho intramolecular Hbond substituents is 1. The third kappa shape index (κ3) is 4.61. The third-order valence-electron chi connectivity index (χ3n) is 4.15. The van der Waals surface area contributed by atoms with Crippen molar-refractivity contribution in [2.45, 2.75) is 45.7 Å². The van der Waals surface area contributed by atoms with Crippen LogP contribution in [0.5, 0.6) is 11.5 Å². The zero-order valence-electron chi connectivity index (χ0n) is 13.9. The molecule has 0 saturated carbocycles. The van der Waals surface area contributed by atoms with Crippen LogP contribution in [-0.4, -0.2) is 43.4 Å². The first-order valence-electron chi connectivity index (χ1n) is 7.70. The smallest absolute Gasteiger partial charge is 0.124 e. The molecule has 0 heterocycles. The van der Waals surface area contributed by atoms with Gasteiger partial charge in [-0.25, -0.2) is 0 Å². The number of benzene rings is 1. The molecule has 1 unspecified atom stereocenters. The minimum atomic E-state index is 0.135. The first kappa shape index (κ1) is 17.8. The Morgan fingerprint density at radius 2 is 1.86 bits per heavy atom. The lowest BCUT2D eigenvalue weighted by Gasteiger charge is -2.36. The van der Waals surface area contributed by atoms with Crippen LogP contribution in [0.1, 0.15) is 45.2 Å². The zero-order chi connectivity index (χ0) is 15.8. The number of rotatable bonds is 9. The maximum atomic E-state index is 10.3. The van der Waals surface area contributed by atoms with Gasteiger partial charge in [-0.2, -0.15) is 0 Å². The van der Waals surface area contributed by atoms with E-state index < -0.39 is 0 Å². The van der Waals surface area contributed by atoms with Gasteiger partial charge in [0.15, 0.2) is 0 Å². The molecule has 0 aliphatic rings. The summed E-state index contributed by atoms with van der Waals surface area (Å²) >= 11 is 0. The van der Waals surface area contributed by atoms with Crippen LogP contribution < -0.4 is 4.74 Å². The summed E-state index contributed by atoms with van der Waals surface area (Å²) in [6.07, 6.45) is 2.17. The van der Waals surface area contributed by atoms with E-state index in [1.165, 1.54) is 0 Å². The van der Waals surface area contributed by atoms with Crippen LogP contribution in [0.15, 0.2) is 18.2 Å². The van der Waals surface area contributed by atoms with Crippen molar-refractivity contribution < 1.29 is 14.6 Å². The molecule has 0 fully saturated rings. The summed E-state index contributed by atoms with van der Waals surface area (Å²) in [5.74, 6) is 0.963. The quantitative estimate of drug-likeness (QED) is 0.756. The van der Waals surface area contributed by atoms with Gasteiger partial charge in [0.1, 0.15) is 11.5 Å². The molecule has 0 radical (unpaired) electrons. The molecule has 0 bridgehead atoms. The molecule has 21 heavy (non-hydrogen) atoms. The second-order valence-corrected chi connectivity index (χ2v) is 5.30. The first-order valence-corrected chi connectivity index (χ1v) is 7.70. The predicted molar refractivity (Wildman–Crippen MR) is 86.0 cm³/mol. The van der Waals surface area contributed by atoms with Crippen molar-refractivity contribution in [3.8, 4) is 11.5 Å². The molecule has 1 aromatic carbocycles. The van der Waals surface area contributed by atoms with Crippen LogP contribution in [0, 0.1) is 0 Å². The van der Waals surface area contributed by atoms with Gasteiger partial charge in [-0.15, -0.1) is 0 Å². The highest BCUT2D eigenvalue weighted by Crippen LogP contribution is 2.33. The highest BCUT2D eigenvalue weighted by atomic mass is 16.5. The Morgan fingerprint density at radius 1 is 1.19 bits per heavy atom. The number of nitrogens with zero attached hydrogens (tertiary/aromatic N) is 1. The average Bonchev–Trinajstić information content (AvgIpc) is 2.50. The normalized spacial score (nSPS) is 12.9. The van der Waals surface area contributed by atoms with Crippen LogP contribution in [0.2, 0.25) is 0 Å². The van der Waals surface area contributed by atoms with Crippen molar-refractivity contribution >= 4 is 0 Å². The first-order chi connectivity index (χ1) is 10.1. The van der Waals surface area contributed by atoms with E-state index in [4.69, 9.17) is 9.47 Å². The molecule has 0 aromatic heterocycles. The van der Waals surface area contributed by atoms with Crippen molar-refractivity contribution in [1.29, 1.82) is 0 Å². The molecule has 120 valence electrons. The SMILES string of the molecule is CCC(CC)N(CCOC)C(C)c1ccc(OC)cc1O. The van der Waals surface area contributed by atoms with Crippen molar-refractivity contribution in [3.63, 3.8) is 0 Å². The van der Waals surface area contributed by atoms with E-state index in [2.05, 4.69) is 25.7 Å². The minimum Gasteiger partial charge on any atom is -0.507 e. The molecule has 0 aliphatic heterocycles. The van der Waals surface area contributed by atoms with Crippen molar-refractivity contribution in [3.05, 3.63) is 23.8 Å². The second kappa shape index (κ2) is 8.90. The fourth-order valence-electron chi connectivity index (χ4n) is 2.83. The molecule has 4 nitrogen and oxygen atoms in total. The van der Waals surface area contributed by atoms with Crippen LogP contribution in [0.3, 0.4) is 0 Å². The number of ether oxygens (including phenoxy) is 2. The predicted octanol–water partition coefficient (Wildman–Crippen LogP) is 3.60. The third-order valence-corrected chi connectivity index (χ3v) is 4.15. The summed E-state index contributed by atoms with van der Waals surface area (Å²) in [5.41, 5.74) is 0.929. The highest BCUT2D eigenvalue weighted by molar-refractivity contribution is 5.41. The lowest BCUT2D eigenvalue weighted by atomic mass is 10.0. The molecule has 1 rings (SSSR count). The molecule has 0 aliphatic carbocycles. The van der Waals surface area contributed by atoms with E-state index in [1.54, 1.807) is 20.3 Å². The van der Waals surface area contributed by atoms with Gasteiger partial charge in [0.05, 0.1) is 13.7 Å². The Morgan fingerprint density at radius 3 is 2.33 bits per heavy atom. The number of aromatic hydroxyl groups is 1. The summed E-state index contributed by atoms with van der Waals surface area (Å²) < 4.78 is 10.4. The molecular weight excluding hydrogens is 266 g/mol. The number of hydrogen-bond acceptors (Lipinski definition) is 4. The van der Waals surface area contributed by atoms with Gasteiger partial charge in [0.2, 0.25) is 0 Å². The molecular formula is C17H29NO3. The Balaban J connectivity index is 3.00. The zero-order valence-corrected chi connectivity index (χ0v) is 13.9. The Hall–Kier alpha value is -1.26. The van der Waals surface area contributed by atoms with E-state index in [0.717, 1.165) is 24.9 Å². The van der Waals surface area contributed by atoms with Gasteiger partial charge in [-0.1, -0.05) is 19.9 Å². The topological polar surface area (TPSA) is 41.9 Å². The average molecular weight is 295 g/mol. The number of phenols is 1. The van der Waals surface area contributed by atoms with Crippen LogP contribution >= 0.6 is 0 Å². The largest absolute Gasteiger partial charge is 0.507 e. The van der Waals surface area contributed by atoms with Gasteiger partial charge in [0.25, 0.3) is 0 Å². The van der Waals surface area contributed by atoms with E-state index >= 15 is 0 Å². The molecule has 4 heteroatoms. The van der Waals surface area contributed by atoms with E-state index in [1.807, 2.05) is 12.1 Å². The fraction of sp³-hybridized carbons (Fsp3) is 0.647. The Kier molecular flexibility index (Phi) is 7.54. The fourth-order valence-corrected chi connectivity index (χ4v) is 2.83. The number of hydrogen-bond donors (Lipinski definition) is 1. The molecule has 0 amide bonds. The lowest BCUT2D eigenvalue weighted by molar-refractivity contribution is 0.0845. The Labute approximate surface area is 128 Å². The maximum absolute atomic E-state index is 10.3. The van der Waals surface area contributed by atoms with E-state index in [9.17, 15) is 5.11 Å². The van der Waals surface area contributed by atoms with Crippen molar-refractivity contribution in [1.82, 2.24) is 4.90 Å². The monoisotopic (exact) mass is 295 g/mol. The number of methoxy groups -OCH3 is 2. The second-order valence-electron chi connectivity index (χ2n) is 5.30. The van der Waals surface area contributed by atoms with Gasteiger partial charge >= 0.3 is 0 Å². The molecule has 1 aromatic rings. The van der Waals surface area contributed by atoms with E-state index in [0.29, 0.717) is 18.4 Å². The van der Waals surface area contributed by atoms with Crippen LogP contribution in [0.4, 0.5) is 0 Å². The van der Waals surface area contributed by atoms with Crippen molar-refractivity contribution in [2.75, 3.05) is 27.4 Å². The summed E-state index contributed by atoms with van der Waals surface area (Å²) in [6.45, 7) is 8.09. The summed E-state index contributed by atoms with van der Waals surface area (Å²) in [4.78, 5) is 2.41. The lowest BCUT2D eigenvalue weighted by Crippen LogP contribution is -2.39. The van der Waals surface area contributed by atoms with Gasteiger partial charge in [-0.05, 0) is 25.8 Å². The molecule has 1 atom stereocenters. The molecule has 0 saturated heterocycles. The molecule has 1 N–H and O–H groups in total. The van der Waals surface area contributed by atoms with E-state index in [-0.39, 0.29) is 11.8 Å². The summed E-state index contributed by atoms with van der Waals surface area (Å²) in [7, 11) is 3.33. The standard InChI is InChI=1S/C17H29NO3/c1-6-14(7-2)18(10-11-20-4)13(3)16-9-8-15(21-5)12-17(16)19/h8-9,12-14,19H,6-7,10-11H2,1-5H3. The highest BCUT2D eigenvalue weighted by Gasteiger charge is 2.24. The minimum absolute atomic E-state index is 0.135. The van der Waals surface area contributed by atoms with Gasteiger partial charge in [-0.3, -0.25) is 4.90 Å². The summed E-state index contributed by atoms with van der Waals surface area (Å²) in [5, 5.41) is 10.3. The summed E-state index contributed by atoms with van der Waals surface area (Å²) in [6, 6.07) is 6.13. The van der Waals surface area contributed by atoms with Crippen LogP contribution in [0.25, 0.3) is 0 Å². The van der Waals surface area contributed by atoms with Gasteiger partial charge < -0.3 is 14.6 Å². The molecule has 0 spiro atoms. The maximum Gasteiger partial charge on any atom is 0.124 e. The van der Waals surface area contributed by atoms with Crippen LogP contribution in [-0.2, 0) is 4.74 Å². The Bertz CT molecular complexity index is 418. The van der Waals surface area contributed by atoms with Gasteiger partial charge in [0, 0.05) is 37.4 Å².